The van der Waals surface area contributed by atoms with Crippen LogP contribution in [-0.2, 0) is 22.5 Å². The lowest BCUT2D eigenvalue weighted by molar-refractivity contribution is -0.118. The number of anilines is 1. The highest BCUT2D eigenvalue weighted by atomic mass is 32.1. The number of ether oxygens (including phenoxy) is 1. The zero-order valence-electron chi connectivity index (χ0n) is 10.2. The first kappa shape index (κ1) is 12.1. The maximum Gasteiger partial charge on any atom is 0.228 e. The summed E-state index contributed by atoms with van der Waals surface area (Å²) >= 11 is 1.58. The molecule has 0 bridgehead atoms. The van der Waals surface area contributed by atoms with Gasteiger partial charge in [0.15, 0.2) is 5.13 Å². The molecule has 1 atom stereocenters. The van der Waals surface area contributed by atoms with Gasteiger partial charge in [0, 0.05) is 31.0 Å². The minimum atomic E-state index is 0.0148. The van der Waals surface area contributed by atoms with E-state index in [1.54, 1.807) is 11.3 Å². The summed E-state index contributed by atoms with van der Waals surface area (Å²) in [5, 5.41) is 6.92. The molecule has 3 rings (SSSR count). The summed E-state index contributed by atoms with van der Waals surface area (Å²) in [6.07, 6.45) is 3.55. The summed E-state index contributed by atoms with van der Waals surface area (Å²) in [6.45, 7) is 2.63. The molecule has 2 N–H and O–H groups in total. The van der Waals surface area contributed by atoms with Gasteiger partial charge in [-0.2, -0.15) is 0 Å². The molecule has 1 aromatic rings. The Labute approximate surface area is 110 Å². The van der Waals surface area contributed by atoms with Crippen molar-refractivity contribution in [3.63, 3.8) is 0 Å². The highest BCUT2D eigenvalue weighted by Crippen LogP contribution is 2.25. The SMILES string of the molecule is O=C(CC1CCCO1)Nc1nc2c(s1)CNCC2. The van der Waals surface area contributed by atoms with E-state index in [2.05, 4.69) is 15.6 Å². The summed E-state index contributed by atoms with van der Waals surface area (Å²) in [5.74, 6) is 0.0148. The third kappa shape index (κ3) is 2.71. The molecule has 2 aliphatic rings. The van der Waals surface area contributed by atoms with E-state index in [9.17, 15) is 4.79 Å². The predicted molar refractivity (Wildman–Crippen MR) is 69.7 cm³/mol. The minimum Gasteiger partial charge on any atom is -0.378 e. The summed E-state index contributed by atoms with van der Waals surface area (Å²) in [5.41, 5.74) is 1.13. The molecule has 5 nitrogen and oxygen atoms in total. The highest BCUT2D eigenvalue weighted by Gasteiger charge is 2.21. The van der Waals surface area contributed by atoms with Gasteiger partial charge in [0.25, 0.3) is 0 Å². The fourth-order valence-electron chi connectivity index (χ4n) is 2.36. The van der Waals surface area contributed by atoms with Crippen LogP contribution in [0.4, 0.5) is 5.13 Å². The molecule has 18 heavy (non-hydrogen) atoms. The molecular weight excluding hydrogens is 250 g/mol. The van der Waals surface area contributed by atoms with E-state index in [4.69, 9.17) is 4.74 Å². The van der Waals surface area contributed by atoms with Crippen LogP contribution in [0.15, 0.2) is 0 Å². The van der Waals surface area contributed by atoms with Crippen molar-refractivity contribution in [2.75, 3.05) is 18.5 Å². The van der Waals surface area contributed by atoms with E-state index in [1.165, 1.54) is 4.88 Å². The van der Waals surface area contributed by atoms with Gasteiger partial charge in [-0.25, -0.2) is 4.98 Å². The van der Waals surface area contributed by atoms with Crippen molar-refractivity contribution < 1.29 is 9.53 Å². The second-order valence-corrected chi connectivity index (χ2v) is 5.79. The fourth-order valence-corrected chi connectivity index (χ4v) is 3.36. The molecule has 2 aliphatic heterocycles. The smallest absolute Gasteiger partial charge is 0.228 e. The van der Waals surface area contributed by atoms with Crippen molar-refractivity contribution in [1.82, 2.24) is 10.3 Å². The lowest BCUT2D eigenvalue weighted by Gasteiger charge is -2.09. The van der Waals surface area contributed by atoms with Crippen molar-refractivity contribution in [2.45, 2.75) is 38.3 Å². The number of thiazole rings is 1. The first-order valence-corrected chi connectivity index (χ1v) is 7.23. The van der Waals surface area contributed by atoms with Crippen molar-refractivity contribution in [3.05, 3.63) is 10.6 Å². The van der Waals surface area contributed by atoms with Crippen molar-refractivity contribution in [2.24, 2.45) is 0 Å². The lowest BCUT2D eigenvalue weighted by Crippen LogP contribution is -2.22. The number of hydrogen-bond donors (Lipinski definition) is 2. The summed E-state index contributed by atoms with van der Waals surface area (Å²) in [6, 6.07) is 0. The number of hydrogen-bond acceptors (Lipinski definition) is 5. The quantitative estimate of drug-likeness (QED) is 0.866. The van der Waals surface area contributed by atoms with Gasteiger partial charge in [-0.15, -0.1) is 11.3 Å². The number of aromatic nitrogens is 1. The molecule has 1 fully saturated rings. The zero-order valence-corrected chi connectivity index (χ0v) is 11.0. The first-order chi connectivity index (χ1) is 8.81. The molecule has 3 heterocycles. The van der Waals surface area contributed by atoms with Crippen molar-refractivity contribution in [3.8, 4) is 0 Å². The van der Waals surface area contributed by atoms with Gasteiger partial charge in [0.2, 0.25) is 5.91 Å². The van der Waals surface area contributed by atoms with E-state index in [0.29, 0.717) is 6.42 Å². The lowest BCUT2D eigenvalue weighted by atomic mass is 10.2. The summed E-state index contributed by atoms with van der Waals surface area (Å²) in [7, 11) is 0. The fraction of sp³-hybridized carbons (Fsp3) is 0.667. The third-order valence-corrected chi connectivity index (χ3v) is 4.30. The number of rotatable bonds is 3. The van der Waals surface area contributed by atoms with Crippen LogP contribution in [0.1, 0.15) is 29.8 Å². The Bertz CT molecular complexity index is 417. The maximum absolute atomic E-state index is 11.8. The van der Waals surface area contributed by atoms with Gasteiger partial charge in [-0.3, -0.25) is 4.79 Å². The van der Waals surface area contributed by atoms with Crippen LogP contribution in [0.3, 0.4) is 0 Å². The molecule has 0 spiro atoms. The monoisotopic (exact) mass is 267 g/mol. The Morgan fingerprint density at radius 2 is 2.56 bits per heavy atom. The van der Waals surface area contributed by atoms with Crippen LogP contribution >= 0.6 is 11.3 Å². The van der Waals surface area contributed by atoms with Gasteiger partial charge in [0.1, 0.15) is 0 Å². The molecule has 0 aliphatic carbocycles. The normalized spacial score (nSPS) is 22.8. The summed E-state index contributed by atoms with van der Waals surface area (Å²) in [4.78, 5) is 17.6. The zero-order chi connectivity index (χ0) is 12.4. The Kier molecular flexibility index (Phi) is 3.58. The highest BCUT2D eigenvalue weighted by molar-refractivity contribution is 7.15. The predicted octanol–water partition coefficient (Wildman–Crippen LogP) is 1.30. The largest absolute Gasteiger partial charge is 0.378 e. The molecule has 0 aromatic carbocycles. The Morgan fingerprint density at radius 3 is 3.33 bits per heavy atom. The number of carbonyl (C=O) groups excluding carboxylic acids is 1. The molecule has 1 aromatic heterocycles. The van der Waals surface area contributed by atoms with Crippen LogP contribution in [0, 0.1) is 0 Å². The standard InChI is InChI=1S/C12H17N3O2S/c16-11(6-8-2-1-5-17-8)15-12-14-9-3-4-13-7-10(9)18-12/h8,13H,1-7H2,(H,14,15,16). The molecule has 6 heteroatoms. The van der Waals surface area contributed by atoms with E-state index in [1.807, 2.05) is 0 Å². The second-order valence-electron chi connectivity index (χ2n) is 4.70. The average molecular weight is 267 g/mol. The van der Waals surface area contributed by atoms with Crippen LogP contribution in [0.5, 0.6) is 0 Å². The number of amides is 1. The van der Waals surface area contributed by atoms with Crippen LogP contribution < -0.4 is 10.6 Å². The number of carbonyl (C=O) groups is 1. The Balaban J connectivity index is 1.58. The van der Waals surface area contributed by atoms with E-state index < -0.39 is 0 Å². The second kappa shape index (κ2) is 5.34. The Hall–Kier alpha value is -0.980. The number of nitrogens with zero attached hydrogens (tertiary/aromatic N) is 1. The molecule has 1 saturated heterocycles. The minimum absolute atomic E-state index is 0.0148. The maximum atomic E-state index is 11.8. The molecule has 1 unspecified atom stereocenters. The molecule has 0 radical (unpaired) electrons. The topological polar surface area (TPSA) is 63.2 Å². The number of nitrogens with one attached hydrogen (secondary N) is 2. The average Bonchev–Trinajstić information content (AvgIpc) is 2.96. The van der Waals surface area contributed by atoms with E-state index in [-0.39, 0.29) is 12.0 Å². The molecule has 0 saturated carbocycles. The first-order valence-electron chi connectivity index (χ1n) is 6.42. The van der Waals surface area contributed by atoms with Gasteiger partial charge in [-0.05, 0) is 12.8 Å². The van der Waals surface area contributed by atoms with Gasteiger partial charge < -0.3 is 15.4 Å². The third-order valence-electron chi connectivity index (χ3n) is 3.29. The molecular formula is C12H17N3O2S. The van der Waals surface area contributed by atoms with E-state index in [0.717, 1.165) is 49.8 Å². The van der Waals surface area contributed by atoms with Gasteiger partial charge >= 0.3 is 0 Å². The van der Waals surface area contributed by atoms with Crippen molar-refractivity contribution in [1.29, 1.82) is 0 Å². The number of fused-ring (bicyclic) bond motifs is 1. The van der Waals surface area contributed by atoms with Gasteiger partial charge in [0.05, 0.1) is 18.2 Å². The van der Waals surface area contributed by atoms with E-state index >= 15 is 0 Å². The van der Waals surface area contributed by atoms with Gasteiger partial charge in [-0.1, -0.05) is 0 Å². The molecule has 1 amide bonds. The summed E-state index contributed by atoms with van der Waals surface area (Å²) < 4.78 is 5.45. The van der Waals surface area contributed by atoms with Crippen LogP contribution in [-0.4, -0.2) is 30.1 Å². The molecule has 98 valence electrons. The van der Waals surface area contributed by atoms with Crippen molar-refractivity contribution >= 4 is 22.4 Å². The van der Waals surface area contributed by atoms with Crippen LogP contribution in [0.2, 0.25) is 0 Å². The Morgan fingerprint density at radius 1 is 1.61 bits per heavy atom. The van der Waals surface area contributed by atoms with Crippen LogP contribution in [0.25, 0.3) is 0 Å².